The van der Waals surface area contributed by atoms with Crippen LogP contribution in [0.3, 0.4) is 0 Å². The Hall–Kier alpha value is 0.558. The first kappa shape index (κ1) is 12.3. The number of hydrogen-bond acceptors (Lipinski definition) is 0. The summed E-state index contributed by atoms with van der Waals surface area (Å²) >= 11 is 0. The Bertz CT molecular complexity index is 29.5. The molecule has 0 fully saturated rings. The fourth-order valence-electron chi connectivity index (χ4n) is 0.854. The molecule has 0 spiro atoms. The standard InChI is InChI=1S/C8H18.As/c1-3-5-7-8-6-4-2;/h3-8H2,1-2H3;. The molecule has 0 saturated carbocycles. The first-order chi connectivity index (χ1) is 3.91. The first-order valence-corrected chi connectivity index (χ1v) is 3.91. The zero-order chi connectivity index (χ0) is 6.24. The summed E-state index contributed by atoms with van der Waals surface area (Å²) in [4.78, 5) is 0. The van der Waals surface area contributed by atoms with Crippen LogP contribution in [0.4, 0.5) is 0 Å². The van der Waals surface area contributed by atoms with E-state index in [1.807, 2.05) is 0 Å². The van der Waals surface area contributed by atoms with Crippen molar-refractivity contribution in [3.8, 4) is 0 Å². The van der Waals surface area contributed by atoms with Crippen molar-refractivity contribution in [3.63, 3.8) is 0 Å². The second-order valence-corrected chi connectivity index (χ2v) is 2.41. The van der Waals surface area contributed by atoms with E-state index in [4.69, 9.17) is 0 Å². The van der Waals surface area contributed by atoms with Crippen LogP contribution in [0.15, 0.2) is 0 Å². The van der Waals surface area contributed by atoms with E-state index in [0.717, 1.165) is 0 Å². The van der Waals surface area contributed by atoms with E-state index >= 15 is 0 Å². The van der Waals surface area contributed by atoms with Crippen molar-refractivity contribution in [2.45, 2.75) is 52.4 Å². The molecule has 0 amide bonds. The van der Waals surface area contributed by atoms with Crippen molar-refractivity contribution in [2.75, 3.05) is 0 Å². The second kappa shape index (κ2) is 11.4. The Morgan fingerprint density at radius 3 is 1.22 bits per heavy atom. The Balaban J connectivity index is 0. The average molecular weight is 189 g/mol. The molecule has 0 rings (SSSR count). The van der Waals surface area contributed by atoms with E-state index in [0.29, 0.717) is 0 Å². The zero-order valence-corrected chi connectivity index (χ0v) is 8.57. The van der Waals surface area contributed by atoms with Crippen LogP contribution < -0.4 is 0 Å². The van der Waals surface area contributed by atoms with Gasteiger partial charge < -0.3 is 0 Å². The van der Waals surface area contributed by atoms with Crippen LogP contribution in [0.1, 0.15) is 52.4 Å². The van der Waals surface area contributed by atoms with Gasteiger partial charge in [-0.25, -0.2) is 0 Å². The van der Waals surface area contributed by atoms with Gasteiger partial charge in [-0.1, -0.05) is 52.4 Å². The summed E-state index contributed by atoms with van der Waals surface area (Å²) in [6.45, 7) is 4.51. The van der Waals surface area contributed by atoms with E-state index in [2.05, 4.69) is 13.8 Å². The molecule has 55 valence electrons. The van der Waals surface area contributed by atoms with Crippen LogP contribution in [0.5, 0.6) is 0 Å². The van der Waals surface area contributed by atoms with E-state index in [1.54, 1.807) is 0 Å². The van der Waals surface area contributed by atoms with Gasteiger partial charge in [-0.15, -0.1) is 0 Å². The molecule has 0 aliphatic carbocycles. The van der Waals surface area contributed by atoms with Crippen LogP contribution in [0.25, 0.3) is 0 Å². The Morgan fingerprint density at radius 2 is 1.00 bits per heavy atom. The van der Waals surface area contributed by atoms with E-state index in [1.165, 1.54) is 38.5 Å². The maximum absolute atomic E-state index is 2.26. The fraction of sp³-hybridized carbons (Fsp3) is 1.00. The third kappa shape index (κ3) is 11.9. The molecule has 0 nitrogen and oxygen atoms in total. The molecule has 0 aliphatic heterocycles. The number of hydrogen-bond donors (Lipinski definition) is 0. The molecule has 0 aromatic heterocycles. The summed E-state index contributed by atoms with van der Waals surface area (Å²) in [7, 11) is 0. The molecule has 0 saturated heterocycles. The van der Waals surface area contributed by atoms with Crippen LogP contribution in [0.2, 0.25) is 0 Å². The Labute approximate surface area is 70.7 Å². The summed E-state index contributed by atoms with van der Waals surface area (Å²) in [5, 5.41) is 0. The van der Waals surface area contributed by atoms with Gasteiger partial charge in [0, 0.05) is 18.0 Å². The van der Waals surface area contributed by atoms with Crippen LogP contribution >= 0.6 is 0 Å². The van der Waals surface area contributed by atoms with E-state index in [9.17, 15) is 0 Å². The topological polar surface area (TPSA) is 0 Å². The summed E-state index contributed by atoms with van der Waals surface area (Å²) in [5.74, 6) is 0. The predicted octanol–water partition coefficient (Wildman–Crippen LogP) is 2.99. The Morgan fingerprint density at radius 1 is 0.667 bits per heavy atom. The van der Waals surface area contributed by atoms with Crippen LogP contribution in [0, 0.1) is 0 Å². The van der Waals surface area contributed by atoms with Gasteiger partial charge in [-0.2, -0.15) is 0 Å². The second-order valence-electron chi connectivity index (χ2n) is 2.41. The van der Waals surface area contributed by atoms with Gasteiger partial charge in [0.05, 0.1) is 0 Å². The molecular weight excluding hydrogens is 171 g/mol. The van der Waals surface area contributed by atoms with Gasteiger partial charge in [0.15, 0.2) is 0 Å². The van der Waals surface area contributed by atoms with Gasteiger partial charge in [-0.05, 0) is 0 Å². The molecule has 0 atom stereocenters. The zero-order valence-electron chi connectivity index (χ0n) is 6.69. The van der Waals surface area contributed by atoms with Crippen LogP contribution in [-0.2, 0) is 0 Å². The van der Waals surface area contributed by atoms with Crippen molar-refractivity contribution in [2.24, 2.45) is 0 Å². The molecule has 0 aromatic rings. The molecule has 0 aromatic carbocycles. The minimum atomic E-state index is 0. The van der Waals surface area contributed by atoms with Crippen molar-refractivity contribution in [1.29, 1.82) is 0 Å². The summed E-state index contributed by atoms with van der Waals surface area (Å²) < 4.78 is 0. The molecule has 0 heterocycles. The maximum Gasteiger partial charge on any atom is 0 e. The number of unbranched alkanes of at least 4 members (excludes halogenated alkanes) is 5. The van der Waals surface area contributed by atoms with Crippen LogP contribution in [-0.4, -0.2) is 18.0 Å². The van der Waals surface area contributed by atoms with Gasteiger partial charge >= 0.3 is 0 Å². The maximum atomic E-state index is 2.26. The SMILES string of the molecule is CCCCCCCC.[As]. The molecule has 0 aliphatic rings. The summed E-state index contributed by atoms with van der Waals surface area (Å²) in [6.07, 6.45) is 8.49. The normalized spacial score (nSPS) is 8.67. The smallest absolute Gasteiger partial charge is 0 e. The fourth-order valence-corrected chi connectivity index (χ4v) is 0.854. The Kier molecular flexibility index (Phi) is 15.5. The van der Waals surface area contributed by atoms with Crippen molar-refractivity contribution < 1.29 is 0 Å². The molecule has 9 heavy (non-hydrogen) atoms. The largest absolute Gasteiger partial charge is 0.0654 e. The summed E-state index contributed by atoms with van der Waals surface area (Å²) in [6, 6.07) is 0. The van der Waals surface area contributed by atoms with Crippen molar-refractivity contribution in [1.82, 2.24) is 0 Å². The van der Waals surface area contributed by atoms with Gasteiger partial charge in [0.25, 0.3) is 0 Å². The van der Waals surface area contributed by atoms with E-state index < -0.39 is 0 Å². The summed E-state index contributed by atoms with van der Waals surface area (Å²) in [5.41, 5.74) is 0. The minimum absolute atomic E-state index is 0. The van der Waals surface area contributed by atoms with Crippen molar-refractivity contribution >= 4 is 18.0 Å². The molecule has 3 radical (unpaired) electrons. The molecule has 1 heteroatoms. The third-order valence-electron chi connectivity index (χ3n) is 1.46. The molecular formula is C8H18As. The minimum Gasteiger partial charge on any atom is -0.0654 e. The third-order valence-corrected chi connectivity index (χ3v) is 1.46. The monoisotopic (exact) mass is 189 g/mol. The molecule has 0 unspecified atom stereocenters. The predicted molar refractivity (Wildman–Crippen MR) is 44.8 cm³/mol. The molecule has 0 N–H and O–H groups in total. The van der Waals surface area contributed by atoms with Gasteiger partial charge in [0.2, 0.25) is 0 Å². The van der Waals surface area contributed by atoms with Crippen molar-refractivity contribution in [3.05, 3.63) is 0 Å². The van der Waals surface area contributed by atoms with E-state index in [-0.39, 0.29) is 18.0 Å². The first-order valence-electron chi connectivity index (χ1n) is 3.91. The van der Waals surface area contributed by atoms with Gasteiger partial charge in [0.1, 0.15) is 0 Å². The van der Waals surface area contributed by atoms with Gasteiger partial charge in [-0.3, -0.25) is 0 Å². The molecule has 0 bridgehead atoms. The average Bonchev–Trinajstić information content (AvgIpc) is 1.81. The quantitative estimate of drug-likeness (QED) is 0.460. The number of rotatable bonds is 5.